The van der Waals surface area contributed by atoms with Gasteiger partial charge in [-0.2, -0.15) is 0 Å². The Morgan fingerprint density at radius 1 is 1.11 bits per heavy atom. The Morgan fingerprint density at radius 2 is 1.84 bits per heavy atom. The molecule has 232 valence electrons. The first-order valence-corrected chi connectivity index (χ1v) is 15.7. The van der Waals surface area contributed by atoms with Gasteiger partial charge in [-0.1, -0.05) is 57.5 Å². The average Bonchev–Trinajstić information content (AvgIpc) is 3.52. The maximum atomic E-state index is 13.4. The summed E-state index contributed by atoms with van der Waals surface area (Å²) in [6.45, 7) is 22.9. The first kappa shape index (κ1) is 31.2. The Hall–Kier alpha value is -4.25. The van der Waals surface area contributed by atoms with Crippen LogP contribution in [-0.4, -0.2) is 33.7 Å². The molecule has 0 radical (unpaired) electrons. The van der Waals surface area contributed by atoms with Gasteiger partial charge in [-0.05, 0) is 93.4 Å². The number of hydrogen-bond donors (Lipinski definition) is 2. The number of hydrogen-bond acceptors (Lipinski definition) is 4. The normalized spacial score (nSPS) is 20.7. The summed E-state index contributed by atoms with van der Waals surface area (Å²) in [7, 11) is 1.60. The van der Waals surface area contributed by atoms with Crippen molar-refractivity contribution in [3.8, 4) is 23.0 Å². The van der Waals surface area contributed by atoms with Crippen LogP contribution in [0.3, 0.4) is 0 Å². The second-order valence-corrected chi connectivity index (χ2v) is 12.9. The highest BCUT2D eigenvalue weighted by Gasteiger charge is 2.34. The first-order valence-electron chi connectivity index (χ1n) is 15.7. The summed E-state index contributed by atoms with van der Waals surface area (Å²) in [5.74, 6) is 3.97. The predicted molar refractivity (Wildman–Crippen MR) is 176 cm³/mol. The van der Waals surface area contributed by atoms with Crippen molar-refractivity contribution < 1.29 is 14.3 Å². The standard InChI is InChI=1S/C36H45N5O3/c1-10-30(44-31-14-11-20(2)15-25(31)7)35(42)38-29-18-26(13-12-22(29)4)33-39-34-28(32(37-8)36(43-9)41(34)40-33)19-27-23(5)16-21(3)17-24(27)6/h11-15,18,21,23-24,27,30H,10,16-17,19H2,1-7,9H3,(H,38,42)(H,39,40). The van der Waals surface area contributed by atoms with Crippen LogP contribution in [0.1, 0.15) is 69.2 Å². The molecule has 8 heteroatoms. The third-order valence-corrected chi connectivity index (χ3v) is 9.40. The molecule has 3 atom stereocenters. The van der Waals surface area contributed by atoms with Gasteiger partial charge in [0.25, 0.3) is 11.6 Å². The van der Waals surface area contributed by atoms with Gasteiger partial charge >= 0.3 is 0 Å². The molecule has 1 aliphatic carbocycles. The lowest BCUT2D eigenvalue weighted by atomic mass is 9.67. The minimum atomic E-state index is -0.631. The van der Waals surface area contributed by atoms with Crippen LogP contribution >= 0.6 is 0 Å². The molecule has 0 spiro atoms. The van der Waals surface area contributed by atoms with Crippen molar-refractivity contribution in [3.05, 3.63) is 70.1 Å². The van der Waals surface area contributed by atoms with E-state index in [1.54, 1.807) is 11.6 Å². The van der Waals surface area contributed by atoms with E-state index < -0.39 is 6.10 Å². The number of amides is 1. The maximum absolute atomic E-state index is 13.4. The molecular formula is C36H45N5O3. The lowest BCUT2D eigenvalue weighted by Gasteiger charge is -2.38. The summed E-state index contributed by atoms with van der Waals surface area (Å²) in [4.78, 5) is 22.3. The molecule has 0 aliphatic heterocycles. The second-order valence-electron chi connectivity index (χ2n) is 12.9. The topological polar surface area (TPSA) is 85.0 Å². The number of nitrogens with one attached hydrogen (secondary N) is 2. The summed E-state index contributed by atoms with van der Waals surface area (Å²) >= 11 is 0. The quantitative estimate of drug-likeness (QED) is 0.190. The van der Waals surface area contributed by atoms with Crippen LogP contribution in [0.4, 0.5) is 11.4 Å². The Kier molecular flexibility index (Phi) is 9.05. The van der Waals surface area contributed by atoms with Gasteiger partial charge in [0.1, 0.15) is 11.4 Å². The molecule has 0 bridgehead atoms. The number of anilines is 1. The van der Waals surface area contributed by atoms with Crippen molar-refractivity contribution in [2.45, 2.75) is 80.3 Å². The highest BCUT2D eigenvalue weighted by atomic mass is 16.5. The number of fused-ring (bicyclic) bond motifs is 1. The Balaban J connectivity index is 1.44. The highest BCUT2D eigenvalue weighted by Crippen LogP contribution is 2.45. The summed E-state index contributed by atoms with van der Waals surface area (Å²) < 4.78 is 13.7. The number of aryl methyl sites for hydroxylation is 3. The van der Waals surface area contributed by atoms with Gasteiger partial charge in [-0.25, -0.2) is 14.3 Å². The van der Waals surface area contributed by atoms with E-state index in [2.05, 4.69) is 42.1 Å². The molecule has 1 saturated carbocycles. The number of aromatic nitrogens is 3. The van der Waals surface area contributed by atoms with Gasteiger partial charge in [-0.3, -0.25) is 9.89 Å². The van der Waals surface area contributed by atoms with Crippen LogP contribution in [-0.2, 0) is 11.2 Å². The Bertz CT molecular complexity index is 1700. The summed E-state index contributed by atoms with van der Waals surface area (Å²) in [5.41, 5.74) is 6.80. The molecule has 1 amide bonds. The summed E-state index contributed by atoms with van der Waals surface area (Å²) in [6, 6.07) is 11.9. The fourth-order valence-electron chi connectivity index (χ4n) is 7.09. The molecule has 8 nitrogen and oxygen atoms in total. The minimum Gasteiger partial charge on any atom is -0.490 e. The lowest BCUT2D eigenvalue weighted by Crippen LogP contribution is -2.32. The fourth-order valence-corrected chi connectivity index (χ4v) is 7.09. The number of carbonyl (C=O) groups excluding carboxylic acids is 1. The van der Waals surface area contributed by atoms with Crippen molar-refractivity contribution in [2.24, 2.45) is 23.7 Å². The zero-order chi connectivity index (χ0) is 31.7. The van der Waals surface area contributed by atoms with Crippen LogP contribution in [0, 0.1) is 51.0 Å². The van der Waals surface area contributed by atoms with E-state index in [0.29, 0.717) is 53.0 Å². The SMILES string of the molecule is [C-]#[N+]c1c(CC2C(C)CC(C)CC2C)c2nc(-c3ccc(C)c(NC(=O)C(CC)Oc4ccc(C)cc4C)c3)[nH]n2c1OC. The van der Waals surface area contributed by atoms with E-state index in [4.69, 9.17) is 21.0 Å². The molecule has 3 unspecified atom stereocenters. The van der Waals surface area contributed by atoms with Crippen molar-refractivity contribution in [3.63, 3.8) is 0 Å². The molecule has 2 aromatic carbocycles. The number of nitrogens with zero attached hydrogens (tertiary/aromatic N) is 3. The first-order chi connectivity index (χ1) is 21.0. The van der Waals surface area contributed by atoms with Crippen molar-refractivity contribution in [2.75, 3.05) is 12.4 Å². The third-order valence-electron chi connectivity index (χ3n) is 9.40. The number of rotatable bonds is 9. The number of ether oxygens (including phenoxy) is 2. The van der Waals surface area contributed by atoms with Crippen LogP contribution in [0.5, 0.6) is 11.6 Å². The zero-order valence-electron chi connectivity index (χ0n) is 27.2. The van der Waals surface area contributed by atoms with Crippen LogP contribution in [0.2, 0.25) is 0 Å². The van der Waals surface area contributed by atoms with Crippen LogP contribution in [0.15, 0.2) is 36.4 Å². The van der Waals surface area contributed by atoms with E-state index >= 15 is 0 Å². The number of aromatic amines is 1. The smallest absolute Gasteiger partial charge is 0.265 e. The van der Waals surface area contributed by atoms with Gasteiger partial charge in [0, 0.05) is 16.8 Å². The van der Waals surface area contributed by atoms with Gasteiger partial charge in [-0.15, -0.1) is 0 Å². The maximum Gasteiger partial charge on any atom is 0.265 e. The molecule has 1 aliphatic rings. The molecule has 5 rings (SSSR count). The molecule has 44 heavy (non-hydrogen) atoms. The van der Waals surface area contributed by atoms with Crippen LogP contribution in [0.25, 0.3) is 21.9 Å². The van der Waals surface area contributed by atoms with Gasteiger partial charge in [0.15, 0.2) is 11.9 Å². The predicted octanol–water partition coefficient (Wildman–Crippen LogP) is 8.47. The molecule has 2 heterocycles. The minimum absolute atomic E-state index is 0.198. The number of methoxy groups -OCH3 is 1. The largest absolute Gasteiger partial charge is 0.490 e. The Morgan fingerprint density at radius 3 is 2.48 bits per heavy atom. The lowest BCUT2D eigenvalue weighted by molar-refractivity contribution is -0.122. The monoisotopic (exact) mass is 595 g/mol. The van der Waals surface area contributed by atoms with E-state index in [1.165, 1.54) is 12.8 Å². The average molecular weight is 596 g/mol. The van der Waals surface area contributed by atoms with E-state index in [1.807, 2.05) is 58.0 Å². The second kappa shape index (κ2) is 12.8. The molecule has 2 N–H and O–H groups in total. The summed E-state index contributed by atoms with van der Waals surface area (Å²) in [6.07, 6.45) is 3.10. The zero-order valence-corrected chi connectivity index (χ0v) is 27.2. The summed E-state index contributed by atoms with van der Waals surface area (Å²) in [5, 5.41) is 6.46. The molecule has 2 aromatic heterocycles. The molecule has 0 saturated heterocycles. The van der Waals surface area contributed by atoms with Gasteiger partial charge < -0.3 is 14.8 Å². The van der Waals surface area contributed by atoms with Crippen molar-refractivity contribution >= 4 is 22.9 Å². The van der Waals surface area contributed by atoms with Crippen molar-refractivity contribution in [1.82, 2.24) is 14.6 Å². The fraction of sp³-hybridized carbons (Fsp3) is 0.472. The third kappa shape index (κ3) is 6.06. The van der Waals surface area contributed by atoms with E-state index in [9.17, 15) is 4.79 Å². The van der Waals surface area contributed by atoms with Crippen molar-refractivity contribution in [1.29, 1.82) is 0 Å². The molecular weight excluding hydrogens is 550 g/mol. The number of benzene rings is 2. The number of carbonyl (C=O) groups is 1. The molecule has 1 fully saturated rings. The Labute approximate surface area is 261 Å². The van der Waals surface area contributed by atoms with Gasteiger partial charge in [0.05, 0.1) is 13.7 Å². The van der Waals surface area contributed by atoms with E-state index in [0.717, 1.165) is 45.8 Å². The van der Waals surface area contributed by atoms with E-state index in [-0.39, 0.29) is 5.91 Å². The van der Waals surface area contributed by atoms with Gasteiger partial charge in [0.2, 0.25) is 5.88 Å². The number of H-pyrrole nitrogens is 1. The highest BCUT2D eigenvalue weighted by molar-refractivity contribution is 5.95. The van der Waals surface area contributed by atoms with Crippen LogP contribution < -0.4 is 14.8 Å². The molecule has 4 aromatic rings.